The van der Waals surface area contributed by atoms with Crippen LogP contribution in [0.4, 0.5) is 5.69 Å². The van der Waals surface area contributed by atoms with Crippen LogP contribution >= 0.6 is 0 Å². The second-order valence-corrected chi connectivity index (χ2v) is 9.24. The van der Waals surface area contributed by atoms with E-state index in [-0.39, 0.29) is 10.6 Å². The fourth-order valence-corrected chi connectivity index (χ4v) is 4.58. The van der Waals surface area contributed by atoms with E-state index in [4.69, 9.17) is 4.74 Å². The van der Waals surface area contributed by atoms with E-state index in [9.17, 15) is 18.0 Å². The van der Waals surface area contributed by atoms with Gasteiger partial charge in [0.1, 0.15) is 0 Å². The fraction of sp³-hybridized carbons (Fsp3) is 0.120. The van der Waals surface area contributed by atoms with E-state index in [1.807, 2.05) is 0 Å². The highest BCUT2D eigenvalue weighted by Gasteiger charge is 2.17. The molecule has 1 N–H and O–H groups in total. The number of anilines is 1. The van der Waals surface area contributed by atoms with Crippen LogP contribution in [-0.4, -0.2) is 30.6 Å². The van der Waals surface area contributed by atoms with Gasteiger partial charge < -0.3 is 4.74 Å². The van der Waals surface area contributed by atoms with Gasteiger partial charge in [0.15, 0.2) is 0 Å². The number of nitrogens with one attached hydrogen (secondary N) is 1. The van der Waals surface area contributed by atoms with Crippen molar-refractivity contribution in [3.63, 3.8) is 0 Å². The molecule has 0 atom stereocenters. The molecule has 4 aromatic rings. The minimum Gasteiger partial charge on any atom is -0.465 e. The number of carbonyl (C=O) groups excluding carboxylic acids is 1. The van der Waals surface area contributed by atoms with Gasteiger partial charge >= 0.3 is 11.7 Å². The number of ether oxygens (including phenoxy) is 1. The fourth-order valence-electron chi connectivity index (χ4n) is 3.51. The molecule has 0 amide bonds. The van der Waals surface area contributed by atoms with Crippen LogP contribution < -0.4 is 10.4 Å². The molecule has 0 saturated carbocycles. The van der Waals surface area contributed by atoms with Crippen molar-refractivity contribution in [3.8, 4) is 11.8 Å². The first-order valence-electron chi connectivity index (χ1n) is 10.2. The molecule has 172 valence electrons. The molecule has 0 bridgehead atoms. The summed E-state index contributed by atoms with van der Waals surface area (Å²) in [7, 11) is 0.639. The summed E-state index contributed by atoms with van der Waals surface area (Å²) in [5.74, 6) is 5.49. The van der Waals surface area contributed by atoms with E-state index in [0.29, 0.717) is 33.4 Å². The molecule has 4 rings (SSSR count). The molecule has 0 aliphatic heterocycles. The Morgan fingerprint density at radius 2 is 1.53 bits per heavy atom. The zero-order valence-electron chi connectivity index (χ0n) is 18.7. The second kappa shape index (κ2) is 8.92. The zero-order valence-corrected chi connectivity index (χ0v) is 19.5. The minimum atomic E-state index is -3.90. The molecule has 0 radical (unpaired) electrons. The number of aryl methyl sites for hydroxylation is 2. The standard InChI is InChI=1S/C25H21N3O5S/c1-27-22-13-12-21(16-23(22)28(2)25(27)30)34(31,32)26-20-9-5-7-18(15-20)11-10-17-6-4-8-19(14-17)24(29)33-3/h4-9,12-16,26H,1-3H3. The number of hydrogen-bond donors (Lipinski definition) is 1. The molecule has 1 heterocycles. The van der Waals surface area contributed by atoms with Gasteiger partial charge in [-0.2, -0.15) is 0 Å². The van der Waals surface area contributed by atoms with Crippen LogP contribution in [0.5, 0.6) is 0 Å². The Morgan fingerprint density at radius 1 is 0.882 bits per heavy atom. The Hall–Kier alpha value is -4.29. The third kappa shape index (κ3) is 4.44. The Kier molecular flexibility index (Phi) is 6.01. The van der Waals surface area contributed by atoms with Crippen molar-refractivity contribution in [2.24, 2.45) is 14.1 Å². The van der Waals surface area contributed by atoms with Crippen LogP contribution in [-0.2, 0) is 28.9 Å². The van der Waals surface area contributed by atoms with Gasteiger partial charge in [-0.15, -0.1) is 0 Å². The van der Waals surface area contributed by atoms with Crippen molar-refractivity contribution in [2.45, 2.75) is 4.90 Å². The Balaban J connectivity index is 1.60. The molecule has 0 aliphatic carbocycles. The zero-order chi connectivity index (χ0) is 24.5. The third-order valence-electron chi connectivity index (χ3n) is 5.30. The quantitative estimate of drug-likeness (QED) is 0.362. The number of sulfonamides is 1. The average Bonchev–Trinajstić information content (AvgIpc) is 3.06. The lowest BCUT2D eigenvalue weighted by Gasteiger charge is -2.09. The van der Waals surface area contributed by atoms with E-state index in [2.05, 4.69) is 16.6 Å². The smallest absolute Gasteiger partial charge is 0.337 e. The molecular weight excluding hydrogens is 454 g/mol. The molecule has 1 aromatic heterocycles. The van der Waals surface area contributed by atoms with Crippen molar-refractivity contribution < 1.29 is 17.9 Å². The maximum Gasteiger partial charge on any atom is 0.337 e. The van der Waals surface area contributed by atoms with Crippen molar-refractivity contribution in [1.29, 1.82) is 0 Å². The largest absolute Gasteiger partial charge is 0.465 e. The molecule has 0 fully saturated rings. The van der Waals surface area contributed by atoms with E-state index in [0.717, 1.165) is 0 Å². The number of esters is 1. The monoisotopic (exact) mass is 475 g/mol. The van der Waals surface area contributed by atoms with Gasteiger partial charge in [-0.05, 0) is 54.6 Å². The molecule has 0 aliphatic rings. The average molecular weight is 476 g/mol. The highest BCUT2D eigenvalue weighted by molar-refractivity contribution is 7.92. The second-order valence-electron chi connectivity index (χ2n) is 7.56. The Labute approximate surface area is 196 Å². The molecule has 0 unspecified atom stereocenters. The van der Waals surface area contributed by atoms with E-state index in [1.165, 1.54) is 28.4 Å². The maximum absolute atomic E-state index is 13.0. The molecule has 9 heteroatoms. The van der Waals surface area contributed by atoms with Crippen molar-refractivity contribution in [2.75, 3.05) is 11.8 Å². The van der Waals surface area contributed by atoms with Gasteiger partial charge in [0, 0.05) is 25.2 Å². The number of rotatable bonds is 4. The van der Waals surface area contributed by atoms with Crippen molar-refractivity contribution in [3.05, 3.63) is 93.9 Å². The van der Waals surface area contributed by atoms with Crippen LogP contribution in [0.1, 0.15) is 21.5 Å². The molecule has 8 nitrogen and oxygen atoms in total. The first-order chi connectivity index (χ1) is 16.2. The van der Waals surface area contributed by atoms with Crippen LogP contribution in [0.15, 0.2) is 76.4 Å². The number of imidazole rings is 1. The molecular formula is C25H21N3O5S. The van der Waals surface area contributed by atoms with Gasteiger partial charge in [-0.3, -0.25) is 13.9 Å². The van der Waals surface area contributed by atoms with Gasteiger partial charge in [-0.1, -0.05) is 24.0 Å². The molecule has 0 saturated heterocycles. The summed E-state index contributed by atoms with van der Waals surface area (Å²) in [5.41, 5.74) is 2.87. The van der Waals surface area contributed by atoms with E-state index < -0.39 is 16.0 Å². The maximum atomic E-state index is 13.0. The molecule has 34 heavy (non-hydrogen) atoms. The summed E-state index contributed by atoms with van der Waals surface area (Å²) in [6.07, 6.45) is 0. The first kappa shape index (κ1) is 22.9. The predicted octanol–water partition coefficient (Wildman–Crippen LogP) is 2.86. The van der Waals surface area contributed by atoms with Crippen molar-refractivity contribution >= 4 is 32.7 Å². The van der Waals surface area contributed by atoms with Crippen LogP contribution in [0.25, 0.3) is 11.0 Å². The van der Waals surface area contributed by atoms with Crippen LogP contribution in [0, 0.1) is 11.8 Å². The van der Waals surface area contributed by atoms with E-state index in [1.54, 1.807) is 68.7 Å². The lowest BCUT2D eigenvalue weighted by molar-refractivity contribution is 0.0600. The number of fused-ring (bicyclic) bond motifs is 1. The number of methoxy groups -OCH3 is 1. The topological polar surface area (TPSA) is 99.4 Å². The number of benzene rings is 3. The number of nitrogens with zero attached hydrogens (tertiary/aromatic N) is 2. The number of aromatic nitrogens is 2. The van der Waals surface area contributed by atoms with Gasteiger partial charge in [0.25, 0.3) is 10.0 Å². The summed E-state index contributed by atoms with van der Waals surface area (Å²) in [4.78, 5) is 23.9. The van der Waals surface area contributed by atoms with Crippen LogP contribution in [0.3, 0.4) is 0 Å². The first-order valence-corrected chi connectivity index (χ1v) is 11.7. The summed E-state index contributed by atoms with van der Waals surface area (Å²) in [6.45, 7) is 0. The lowest BCUT2D eigenvalue weighted by Crippen LogP contribution is -2.19. The number of hydrogen-bond acceptors (Lipinski definition) is 5. The lowest BCUT2D eigenvalue weighted by atomic mass is 10.1. The minimum absolute atomic E-state index is 0.0392. The summed E-state index contributed by atoms with van der Waals surface area (Å²) in [6, 6.07) is 17.9. The predicted molar refractivity (Wildman–Crippen MR) is 129 cm³/mol. The van der Waals surface area contributed by atoms with Gasteiger partial charge in [0.2, 0.25) is 0 Å². The SMILES string of the molecule is COC(=O)c1cccc(C#Cc2cccc(NS(=O)(=O)c3ccc4c(c3)n(C)c(=O)n4C)c2)c1. The van der Waals surface area contributed by atoms with Gasteiger partial charge in [-0.25, -0.2) is 18.0 Å². The van der Waals surface area contributed by atoms with Crippen molar-refractivity contribution in [1.82, 2.24) is 9.13 Å². The molecule has 0 spiro atoms. The van der Waals surface area contributed by atoms with Crippen LogP contribution in [0.2, 0.25) is 0 Å². The Morgan fingerprint density at radius 3 is 2.24 bits per heavy atom. The summed E-state index contributed by atoms with van der Waals surface area (Å²) in [5, 5.41) is 0. The highest BCUT2D eigenvalue weighted by atomic mass is 32.2. The normalized spacial score (nSPS) is 11.0. The Bertz CT molecular complexity index is 1650. The highest BCUT2D eigenvalue weighted by Crippen LogP contribution is 2.21. The third-order valence-corrected chi connectivity index (χ3v) is 6.68. The number of carbonyl (C=O) groups is 1. The van der Waals surface area contributed by atoms with E-state index >= 15 is 0 Å². The summed E-state index contributed by atoms with van der Waals surface area (Å²) >= 11 is 0. The summed E-state index contributed by atoms with van der Waals surface area (Å²) < 4.78 is 36.1. The van der Waals surface area contributed by atoms with Gasteiger partial charge in [0.05, 0.1) is 34.3 Å². The molecule has 3 aromatic carbocycles.